The molecular weight excluding hydrogens is 408 g/mol. The number of thioether (sulfide) groups is 1. The molecule has 2 aromatic rings. The molecule has 6 nitrogen and oxygen atoms in total. The smallest absolute Gasteiger partial charge is 0.251 e. The summed E-state index contributed by atoms with van der Waals surface area (Å²) in [6.07, 6.45) is 4.30. The van der Waals surface area contributed by atoms with E-state index in [9.17, 15) is 4.79 Å². The van der Waals surface area contributed by atoms with Crippen molar-refractivity contribution in [1.82, 2.24) is 15.5 Å². The van der Waals surface area contributed by atoms with E-state index in [4.69, 9.17) is 4.74 Å². The van der Waals surface area contributed by atoms with E-state index in [1.165, 1.54) is 10.5 Å². The summed E-state index contributed by atoms with van der Waals surface area (Å²) < 4.78 is 5.57. The molecule has 1 saturated heterocycles. The maximum Gasteiger partial charge on any atom is 0.251 e. The van der Waals surface area contributed by atoms with Crippen molar-refractivity contribution >= 4 is 23.6 Å². The van der Waals surface area contributed by atoms with Gasteiger partial charge in [0.05, 0.1) is 6.10 Å². The second-order valence-electron chi connectivity index (χ2n) is 7.65. The van der Waals surface area contributed by atoms with Gasteiger partial charge in [-0.3, -0.25) is 9.79 Å². The van der Waals surface area contributed by atoms with Crippen molar-refractivity contribution in [2.75, 3.05) is 33.5 Å². The van der Waals surface area contributed by atoms with Crippen LogP contribution in [0, 0.1) is 0 Å². The standard InChI is InChI=1S/C24H32N4O2S/c1-25-24(28(2)17-18-9-11-22(31-3)12-10-18)27-15-19-6-4-7-20(14-19)23(29)26-16-21-8-5-13-30-21/h4,6-7,9-12,14,21H,5,8,13,15-17H2,1-3H3,(H,25,27)(H,26,29). The van der Waals surface area contributed by atoms with Crippen LogP contribution in [0.25, 0.3) is 0 Å². The largest absolute Gasteiger partial charge is 0.376 e. The van der Waals surface area contributed by atoms with Crippen LogP contribution in [0.5, 0.6) is 0 Å². The molecule has 0 aliphatic carbocycles. The second kappa shape index (κ2) is 11.8. The third-order valence-electron chi connectivity index (χ3n) is 5.31. The number of hydrogen-bond acceptors (Lipinski definition) is 4. The molecule has 166 valence electrons. The molecule has 2 aromatic carbocycles. The van der Waals surface area contributed by atoms with Gasteiger partial charge < -0.3 is 20.3 Å². The van der Waals surface area contributed by atoms with Gasteiger partial charge in [0.1, 0.15) is 0 Å². The van der Waals surface area contributed by atoms with Crippen LogP contribution in [0.15, 0.2) is 58.4 Å². The van der Waals surface area contributed by atoms with Crippen molar-refractivity contribution in [2.45, 2.75) is 36.9 Å². The zero-order chi connectivity index (χ0) is 22.1. The van der Waals surface area contributed by atoms with E-state index in [1.54, 1.807) is 18.8 Å². The molecule has 2 N–H and O–H groups in total. The van der Waals surface area contributed by atoms with E-state index >= 15 is 0 Å². The summed E-state index contributed by atoms with van der Waals surface area (Å²) in [6.45, 7) is 2.71. The van der Waals surface area contributed by atoms with Crippen LogP contribution in [0.2, 0.25) is 0 Å². The summed E-state index contributed by atoms with van der Waals surface area (Å²) in [6, 6.07) is 16.3. The highest BCUT2D eigenvalue weighted by Gasteiger charge is 2.17. The molecule has 1 heterocycles. The van der Waals surface area contributed by atoms with E-state index in [0.29, 0.717) is 18.7 Å². The fraction of sp³-hybridized carbons (Fsp3) is 0.417. The van der Waals surface area contributed by atoms with Crippen LogP contribution in [0.1, 0.15) is 34.3 Å². The van der Waals surface area contributed by atoms with Gasteiger partial charge in [0.25, 0.3) is 5.91 Å². The summed E-state index contributed by atoms with van der Waals surface area (Å²) in [5, 5.41) is 6.37. The predicted molar refractivity (Wildman–Crippen MR) is 128 cm³/mol. The van der Waals surface area contributed by atoms with Gasteiger partial charge in [0.2, 0.25) is 0 Å². The van der Waals surface area contributed by atoms with Crippen molar-refractivity contribution in [2.24, 2.45) is 4.99 Å². The lowest BCUT2D eigenvalue weighted by Gasteiger charge is -2.22. The van der Waals surface area contributed by atoms with Crippen molar-refractivity contribution in [1.29, 1.82) is 0 Å². The summed E-state index contributed by atoms with van der Waals surface area (Å²) >= 11 is 1.74. The SMILES string of the molecule is CN=C(NCc1cccc(C(=O)NCC2CCCO2)c1)N(C)Cc1ccc(SC)cc1. The lowest BCUT2D eigenvalue weighted by Crippen LogP contribution is -2.38. The normalized spacial score (nSPS) is 16.2. The minimum atomic E-state index is -0.0625. The Morgan fingerprint density at radius 2 is 2.00 bits per heavy atom. The zero-order valence-corrected chi connectivity index (χ0v) is 19.4. The quantitative estimate of drug-likeness (QED) is 0.374. The number of rotatable bonds is 8. The third-order valence-corrected chi connectivity index (χ3v) is 6.05. The molecule has 1 aliphatic rings. The molecule has 31 heavy (non-hydrogen) atoms. The Balaban J connectivity index is 1.52. The van der Waals surface area contributed by atoms with Crippen LogP contribution in [0.3, 0.4) is 0 Å². The molecule has 7 heteroatoms. The summed E-state index contributed by atoms with van der Waals surface area (Å²) in [4.78, 5) is 20.2. The molecular formula is C24H32N4O2S. The fourth-order valence-electron chi connectivity index (χ4n) is 3.58. The first-order chi connectivity index (χ1) is 15.1. The van der Waals surface area contributed by atoms with Crippen LogP contribution < -0.4 is 10.6 Å². The van der Waals surface area contributed by atoms with Gasteiger partial charge in [0.15, 0.2) is 5.96 Å². The number of benzene rings is 2. The highest BCUT2D eigenvalue weighted by atomic mass is 32.2. The van der Waals surface area contributed by atoms with Crippen LogP contribution in [-0.2, 0) is 17.8 Å². The average molecular weight is 441 g/mol. The van der Waals surface area contributed by atoms with Gasteiger partial charge in [-0.1, -0.05) is 24.3 Å². The summed E-state index contributed by atoms with van der Waals surface area (Å²) in [7, 11) is 3.80. The number of guanidine groups is 1. The van der Waals surface area contributed by atoms with Gasteiger partial charge in [-0.2, -0.15) is 0 Å². The molecule has 0 bridgehead atoms. The van der Waals surface area contributed by atoms with Gasteiger partial charge in [-0.25, -0.2) is 0 Å². The van der Waals surface area contributed by atoms with Crippen molar-refractivity contribution in [3.63, 3.8) is 0 Å². The number of amides is 1. The number of hydrogen-bond donors (Lipinski definition) is 2. The molecule has 1 unspecified atom stereocenters. The van der Waals surface area contributed by atoms with Crippen LogP contribution >= 0.6 is 11.8 Å². The highest BCUT2D eigenvalue weighted by molar-refractivity contribution is 7.98. The fourth-order valence-corrected chi connectivity index (χ4v) is 3.99. The third kappa shape index (κ3) is 7.01. The number of nitrogens with zero attached hydrogens (tertiary/aromatic N) is 2. The molecule has 0 spiro atoms. The van der Waals surface area contributed by atoms with Crippen LogP contribution in [-0.4, -0.2) is 56.4 Å². The Morgan fingerprint density at radius 3 is 2.68 bits per heavy atom. The number of ether oxygens (including phenoxy) is 1. The second-order valence-corrected chi connectivity index (χ2v) is 8.53. The molecule has 0 saturated carbocycles. The first-order valence-electron chi connectivity index (χ1n) is 10.6. The van der Waals surface area contributed by atoms with E-state index in [0.717, 1.165) is 37.5 Å². The highest BCUT2D eigenvalue weighted by Crippen LogP contribution is 2.16. The lowest BCUT2D eigenvalue weighted by molar-refractivity contribution is 0.0857. The maximum atomic E-state index is 12.5. The number of carbonyl (C=O) groups excluding carboxylic acids is 1. The Kier molecular flexibility index (Phi) is 8.79. The van der Waals surface area contributed by atoms with Crippen molar-refractivity contribution in [3.05, 3.63) is 65.2 Å². The molecule has 1 amide bonds. The molecule has 0 aromatic heterocycles. The minimum Gasteiger partial charge on any atom is -0.376 e. The molecule has 1 aliphatic heterocycles. The molecule has 1 atom stereocenters. The maximum absolute atomic E-state index is 12.5. The lowest BCUT2D eigenvalue weighted by atomic mass is 10.1. The molecule has 3 rings (SSSR count). The summed E-state index contributed by atoms with van der Waals surface area (Å²) in [5.74, 6) is 0.745. The molecule has 1 fully saturated rings. The van der Waals surface area contributed by atoms with Gasteiger partial charge in [-0.15, -0.1) is 11.8 Å². The Morgan fingerprint density at radius 1 is 1.19 bits per heavy atom. The summed E-state index contributed by atoms with van der Waals surface area (Å²) in [5.41, 5.74) is 2.92. The van der Waals surface area contributed by atoms with Crippen molar-refractivity contribution in [3.8, 4) is 0 Å². The first-order valence-corrected chi connectivity index (χ1v) is 11.8. The van der Waals surface area contributed by atoms with E-state index in [2.05, 4.69) is 51.0 Å². The number of nitrogens with one attached hydrogen (secondary N) is 2. The first kappa shape index (κ1) is 23.2. The zero-order valence-electron chi connectivity index (χ0n) is 18.6. The van der Waals surface area contributed by atoms with Gasteiger partial charge >= 0.3 is 0 Å². The monoisotopic (exact) mass is 440 g/mol. The van der Waals surface area contributed by atoms with E-state index in [-0.39, 0.29) is 12.0 Å². The molecule has 0 radical (unpaired) electrons. The predicted octanol–water partition coefficient (Wildman–Crippen LogP) is 3.52. The van der Waals surface area contributed by atoms with Crippen molar-refractivity contribution < 1.29 is 9.53 Å². The van der Waals surface area contributed by atoms with Gasteiger partial charge in [0, 0.05) is 50.8 Å². The Hall–Kier alpha value is -2.51. The Labute approximate surface area is 189 Å². The van der Waals surface area contributed by atoms with E-state index < -0.39 is 0 Å². The Bertz CT molecular complexity index is 879. The van der Waals surface area contributed by atoms with Crippen LogP contribution in [0.4, 0.5) is 0 Å². The topological polar surface area (TPSA) is 66.0 Å². The number of aliphatic imine (C=N–C) groups is 1. The van der Waals surface area contributed by atoms with E-state index in [1.807, 2.05) is 31.3 Å². The minimum absolute atomic E-state index is 0.0625. The average Bonchev–Trinajstić information content (AvgIpc) is 3.32. The van der Waals surface area contributed by atoms with Gasteiger partial charge in [-0.05, 0) is 54.5 Å². The number of carbonyl (C=O) groups is 1.